The highest BCUT2D eigenvalue weighted by Gasteiger charge is 2.10. The monoisotopic (exact) mass is 346 g/mol. The maximum Gasteiger partial charge on any atom is 0.0511 e. The Morgan fingerprint density at radius 2 is 1.81 bits per heavy atom. The van der Waals surface area contributed by atoms with Gasteiger partial charge in [-0.25, -0.2) is 0 Å². The third-order valence-electron chi connectivity index (χ3n) is 3.86. The fourth-order valence-electron chi connectivity index (χ4n) is 2.32. The van der Waals surface area contributed by atoms with Crippen LogP contribution in [-0.4, -0.2) is 14.1 Å². The van der Waals surface area contributed by atoms with Crippen LogP contribution in [0.1, 0.15) is 29.7 Å². The number of rotatable bonds is 5. The molecule has 0 fully saturated rings. The van der Waals surface area contributed by atoms with Crippen LogP contribution in [0.4, 0.5) is 5.69 Å². The highest BCUT2D eigenvalue weighted by molar-refractivity contribution is 9.10. The summed E-state index contributed by atoms with van der Waals surface area (Å²) in [5, 5.41) is 3.27. The van der Waals surface area contributed by atoms with E-state index in [1.54, 1.807) is 0 Å². The largest absolute Gasteiger partial charge is 0.369 e. The third kappa shape index (κ3) is 4.08. The lowest BCUT2D eigenvalue weighted by atomic mass is 10.1. The summed E-state index contributed by atoms with van der Waals surface area (Å²) in [6.07, 6.45) is 0. The van der Waals surface area contributed by atoms with Gasteiger partial charge >= 0.3 is 0 Å². The van der Waals surface area contributed by atoms with E-state index in [0.29, 0.717) is 6.04 Å². The van der Waals surface area contributed by atoms with Crippen LogP contribution >= 0.6 is 15.9 Å². The summed E-state index contributed by atoms with van der Waals surface area (Å²) in [5.74, 6) is 0. The molecule has 0 aliphatic heterocycles. The van der Waals surface area contributed by atoms with Crippen molar-refractivity contribution in [2.45, 2.75) is 26.4 Å². The van der Waals surface area contributed by atoms with Crippen molar-refractivity contribution >= 4 is 21.6 Å². The Kier molecular flexibility index (Phi) is 5.43. The predicted octanol–water partition coefficient (Wildman–Crippen LogP) is 4.67. The fourth-order valence-corrected chi connectivity index (χ4v) is 3.02. The van der Waals surface area contributed by atoms with E-state index < -0.39 is 0 Å². The van der Waals surface area contributed by atoms with Gasteiger partial charge in [-0.2, -0.15) is 0 Å². The SMILES string of the molecule is CNC(C)c1ccc(N(C)Cc2ccc(C)cc2)c(Br)c1. The maximum absolute atomic E-state index is 3.70. The van der Waals surface area contributed by atoms with Crippen molar-refractivity contribution in [3.05, 3.63) is 63.6 Å². The van der Waals surface area contributed by atoms with E-state index in [2.05, 4.69) is 89.5 Å². The zero-order valence-electron chi connectivity index (χ0n) is 13.2. The molecule has 0 amide bonds. The Labute approximate surface area is 136 Å². The summed E-state index contributed by atoms with van der Waals surface area (Å²) in [7, 11) is 4.11. The Morgan fingerprint density at radius 1 is 1.14 bits per heavy atom. The van der Waals surface area contributed by atoms with Crippen molar-refractivity contribution in [1.82, 2.24) is 5.32 Å². The maximum atomic E-state index is 3.70. The molecule has 0 saturated heterocycles. The number of aryl methyl sites for hydroxylation is 1. The van der Waals surface area contributed by atoms with Gasteiger partial charge in [0.2, 0.25) is 0 Å². The van der Waals surface area contributed by atoms with Crippen LogP contribution in [-0.2, 0) is 6.54 Å². The van der Waals surface area contributed by atoms with Crippen LogP contribution in [0, 0.1) is 6.92 Å². The van der Waals surface area contributed by atoms with Crippen LogP contribution in [0.15, 0.2) is 46.9 Å². The zero-order chi connectivity index (χ0) is 15.4. The lowest BCUT2D eigenvalue weighted by molar-refractivity contribution is 0.652. The molecule has 3 heteroatoms. The van der Waals surface area contributed by atoms with Gasteiger partial charge in [-0.1, -0.05) is 35.9 Å². The van der Waals surface area contributed by atoms with Crippen molar-refractivity contribution in [1.29, 1.82) is 0 Å². The molecule has 2 rings (SSSR count). The lowest BCUT2D eigenvalue weighted by Gasteiger charge is -2.22. The smallest absolute Gasteiger partial charge is 0.0511 e. The number of hydrogen-bond acceptors (Lipinski definition) is 2. The number of nitrogens with zero attached hydrogens (tertiary/aromatic N) is 1. The standard InChI is InChI=1S/C18H23BrN2/c1-13-5-7-15(8-6-13)12-21(4)18-10-9-16(11-17(18)19)14(2)20-3/h5-11,14,20H,12H2,1-4H3. The van der Waals surface area contributed by atoms with Gasteiger partial charge in [-0.15, -0.1) is 0 Å². The molecular formula is C18H23BrN2. The summed E-state index contributed by atoms with van der Waals surface area (Å²) in [5.41, 5.74) is 5.12. The minimum Gasteiger partial charge on any atom is -0.369 e. The van der Waals surface area contributed by atoms with E-state index in [9.17, 15) is 0 Å². The van der Waals surface area contributed by atoms with E-state index in [-0.39, 0.29) is 0 Å². The molecule has 0 aliphatic carbocycles. The van der Waals surface area contributed by atoms with E-state index in [4.69, 9.17) is 0 Å². The molecular weight excluding hydrogens is 324 g/mol. The average Bonchev–Trinajstić information content (AvgIpc) is 2.48. The molecule has 0 aromatic heterocycles. The fraction of sp³-hybridized carbons (Fsp3) is 0.333. The van der Waals surface area contributed by atoms with E-state index in [1.807, 2.05) is 7.05 Å². The van der Waals surface area contributed by atoms with Crippen LogP contribution in [0.25, 0.3) is 0 Å². The van der Waals surface area contributed by atoms with Crippen LogP contribution < -0.4 is 10.2 Å². The number of benzene rings is 2. The molecule has 21 heavy (non-hydrogen) atoms. The molecule has 0 radical (unpaired) electrons. The van der Waals surface area contributed by atoms with Gasteiger partial charge in [0.05, 0.1) is 5.69 Å². The van der Waals surface area contributed by atoms with Crippen molar-refractivity contribution in [2.24, 2.45) is 0 Å². The van der Waals surface area contributed by atoms with Crippen molar-refractivity contribution in [3.63, 3.8) is 0 Å². The summed E-state index contributed by atoms with van der Waals surface area (Å²) in [4.78, 5) is 2.27. The Hall–Kier alpha value is -1.32. The molecule has 112 valence electrons. The van der Waals surface area contributed by atoms with E-state index >= 15 is 0 Å². The van der Waals surface area contributed by atoms with E-state index in [0.717, 1.165) is 11.0 Å². The highest BCUT2D eigenvalue weighted by Crippen LogP contribution is 2.29. The Balaban J connectivity index is 2.15. The van der Waals surface area contributed by atoms with Crippen LogP contribution in [0.3, 0.4) is 0 Å². The predicted molar refractivity (Wildman–Crippen MR) is 94.9 cm³/mol. The van der Waals surface area contributed by atoms with Crippen LogP contribution in [0.5, 0.6) is 0 Å². The topological polar surface area (TPSA) is 15.3 Å². The van der Waals surface area contributed by atoms with Crippen molar-refractivity contribution < 1.29 is 0 Å². The molecule has 0 heterocycles. The molecule has 2 nitrogen and oxygen atoms in total. The van der Waals surface area contributed by atoms with Gasteiger partial charge in [0, 0.05) is 24.1 Å². The number of halogens is 1. The highest BCUT2D eigenvalue weighted by atomic mass is 79.9. The molecule has 0 spiro atoms. The van der Waals surface area contributed by atoms with Crippen molar-refractivity contribution in [2.75, 3.05) is 19.0 Å². The molecule has 1 unspecified atom stereocenters. The second-order valence-corrected chi connectivity index (χ2v) is 6.42. The first kappa shape index (κ1) is 16.1. The molecule has 2 aromatic carbocycles. The first-order valence-electron chi connectivity index (χ1n) is 7.24. The normalized spacial score (nSPS) is 12.2. The van der Waals surface area contributed by atoms with Gasteiger partial charge in [-0.3, -0.25) is 0 Å². The lowest BCUT2D eigenvalue weighted by Crippen LogP contribution is -2.17. The van der Waals surface area contributed by atoms with E-state index in [1.165, 1.54) is 22.4 Å². The van der Waals surface area contributed by atoms with Gasteiger partial charge in [0.25, 0.3) is 0 Å². The Bertz CT molecular complexity index is 593. The van der Waals surface area contributed by atoms with Gasteiger partial charge in [0.15, 0.2) is 0 Å². The first-order chi connectivity index (χ1) is 10.0. The minimum atomic E-state index is 0.359. The second kappa shape index (κ2) is 7.10. The summed E-state index contributed by atoms with van der Waals surface area (Å²) in [6, 6.07) is 15.6. The van der Waals surface area contributed by atoms with Crippen LogP contribution in [0.2, 0.25) is 0 Å². The molecule has 1 atom stereocenters. The summed E-state index contributed by atoms with van der Waals surface area (Å²) >= 11 is 3.70. The zero-order valence-corrected chi connectivity index (χ0v) is 14.7. The van der Waals surface area contributed by atoms with Gasteiger partial charge < -0.3 is 10.2 Å². The third-order valence-corrected chi connectivity index (χ3v) is 4.49. The quantitative estimate of drug-likeness (QED) is 0.845. The first-order valence-corrected chi connectivity index (χ1v) is 8.04. The number of anilines is 1. The number of hydrogen-bond donors (Lipinski definition) is 1. The summed E-state index contributed by atoms with van der Waals surface area (Å²) < 4.78 is 1.14. The van der Waals surface area contributed by atoms with Gasteiger partial charge in [0.1, 0.15) is 0 Å². The molecule has 0 bridgehead atoms. The summed E-state index contributed by atoms with van der Waals surface area (Å²) in [6.45, 7) is 5.18. The Morgan fingerprint density at radius 3 is 2.38 bits per heavy atom. The minimum absolute atomic E-state index is 0.359. The molecule has 2 aromatic rings. The molecule has 1 N–H and O–H groups in total. The van der Waals surface area contributed by atoms with Gasteiger partial charge in [-0.05, 0) is 60.1 Å². The second-order valence-electron chi connectivity index (χ2n) is 5.56. The molecule has 0 saturated carbocycles. The average molecular weight is 347 g/mol. The molecule has 0 aliphatic rings. The van der Waals surface area contributed by atoms with Crippen molar-refractivity contribution in [3.8, 4) is 0 Å². The number of nitrogens with one attached hydrogen (secondary N) is 1.